The molecule has 0 aliphatic carbocycles. The van der Waals surface area contributed by atoms with Crippen LogP contribution in [0.3, 0.4) is 0 Å². The zero-order chi connectivity index (χ0) is 17.7. The molecule has 2 N–H and O–H groups in total. The van der Waals surface area contributed by atoms with Gasteiger partial charge in [0.2, 0.25) is 5.91 Å². The Balaban J connectivity index is 2.25. The first-order valence-electron chi connectivity index (χ1n) is 7.35. The third-order valence-electron chi connectivity index (χ3n) is 3.53. The van der Waals surface area contributed by atoms with Gasteiger partial charge >= 0.3 is 0 Å². The van der Waals surface area contributed by atoms with Gasteiger partial charge in [0.05, 0.1) is 15.8 Å². The molecule has 0 radical (unpaired) electrons. The van der Waals surface area contributed by atoms with Crippen LogP contribution in [0.1, 0.15) is 12.5 Å². The highest BCUT2D eigenvalue weighted by Crippen LogP contribution is 2.24. The van der Waals surface area contributed by atoms with Crippen molar-refractivity contribution in [3.63, 3.8) is 0 Å². The van der Waals surface area contributed by atoms with Crippen molar-refractivity contribution in [2.45, 2.75) is 24.0 Å². The van der Waals surface area contributed by atoms with Crippen molar-refractivity contribution < 1.29 is 13.2 Å². The minimum absolute atomic E-state index is 0.122. The van der Waals surface area contributed by atoms with Crippen molar-refractivity contribution in [1.82, 2.24) is 0 Å². The van der Waals surface area contributed by atoms with Crippen LogP contribution in [0.5, 0.6) is 0 Å². The predicted octanol–water partition coefficient (Wildman–Crippen LogP) is 3.49. The maximum atomic E-state index is 12.4. The second-order valence-corrected chi connectivity index (χ2v) is 8.18. The summed E-state index contributed by atoms with van der Waals surface area (Å²) in [5, 5.41) is 2.61. The lowest BCUT2D eigenvalue weighted by molar-refractivity contribution is -0.115. The van der Waals surface area contributed by atoms with E-state index in [2.05, 4.69) is 10.0 Å². The van der Waals surface area contributed by atoms with E-state index < -0.39 is 10.0 Å². The highest BCUT2D eigenvalue weighted by molar-refractivity contribution is 7.99. The summed E-state index contributed by atoms with van der Waals surface area (Å²) >= 11 is 1.44. The number of amides is 1. The molecule has 1 amide bonds. The Bertz CT molecular complexity index is 821. The fraction of sp³-hybridized carbons (Fsp3) is 0.235. The summed E-state index contributed by atoms with van der Waals surface area (Å²) in [5.41, 5.74) is 1.76. The molecule has 0 saturated heterocycles. The number of carbonyl (C=O) groups excluding carboxylic acids is 1. The third kappa shape index (κ3) is 4.52. The van der Waals surface area contributed by atoms with E-state index in [0.29, 0.717) is 11.4 Å². The third-order valence-corrected chi connectivity index (χ3v) is 5.83. The van der Waals surface area contributed by atoms with E-state index in [9.17, 15) is 13.2 Å². The molecule has 1 unspecified atom stereocenters. The van der Waals surface area contributed by atoms with E-state index in [1.807, 2.05) is 13.2 Å². The Morgan fingerprint density at radius 2 is 1.79 bits per heavy atom. The summed E-state index contributed by atoms with van der Waals surface area (Å²) in [7, 11) is -3.67. The number of rotatable bonds is 6. The summed E-state index contributed by atoms with van der Waals surface area (Å²) < 4.78 is 27.5. The van der Waals surface area contributed by atoms with Crippen molar-refractivity contribution in [2.75, 3.05) is 16.3 Å². The first-order valence-corrected chi connectivity index (χ1v) is 10.1. The predicted molar refractivity (Wildman–Crippen MR) is 100 cm³/mol. The molecule has 0 fully saturated rings. The fourth-order valence-corrected chi connectivity index (χ4v) is 3.38. The Hall–Kier alpha value is -1.99. The monoisotopic (exact) mass is 364 g/mol. The summed E-state index contributed by atoms with van der Waals surface area (Å²) in [5.74, 6) is -0.122. The summed E-state index contributed by atoms with van der Waals surface area (Å²) in [4.78, 5) is 12.2. The van der Waals surface area contributed by atoms with E-state index in [1.54, 1.807) is 43.3 Å². The Morgan fingerprint density at radius 3 is 2.42 bits per heavy atom. The van der Waals surface area contributed by atoms with Crippen LogP contribution in [0.25, 0.3) is 0 Å². The van der Waals surface area contributed by atoms with Crippen molar-refractivity contribution in [3.05, 3.63) is 54.1 Å². The van der Waals surface area contributed by atoms with Crippen LogP contribution < -0.4 is 10.0 Å². The highest BCUT2D eigenvalue weighted by Gasteiger charge is 2.16. The van der Waals surface area contributed by atoms with Crippen LogP contribution in [0.2, 0.25) is 0 Å². The van der Waals surface area contributed by atoms with Gasteiger partial charge in [0.25, 0.3) is 10.0 Å². The molecule has 0 spiro atoms. The van der Waals surface area contributed by atoms with Gasteiger partial charge < -0.3 is 5.32 Å². The van der Waals surface area contributed by atoms with Crippen LogP contribution in [0.4, 0.5) is 11.4 Å². The smallest absolute Gasteiger partial charge is 0.261 e. The van der Waals surface area contributed by atoms with E-state index in [4.69, 9.17) is 0 Å². The number of thioether (sulfide) groups is 1. The van der Waals surface area contributed by atoms with Gasteiger partial charge in [-0.05, 0) is 49.9 Å². The normalized spacial score (nSPS) is 12.5. The van der Waals surface area contributed by atoms with Gasteiger partial charge in [-0.1, -0.05) is 24.3 Å². The van der Waals surface area contributed by atoms with E-state index in [0.717, 1.165) is 5.56 Å². The zero-order valence-electron chi connectivity index (χ0n) is 13.7. The van der Waals surface area contributed by atoms with Crippen LogP contribution in [0, 0.1) is 6.92 Å². The van der Waals surface area contributed by atoms with Crippen molar-refractivity contribution >= 4 is 39.1 Å². The molecule has 2 rings (SSSR count). The molecule has 0 aromatic heterocycles. The molecule has 1 atom stereocenters. The molecule has 0 heterocycles. The average molecular weight is 364 g/mol. The number of aryl methyl sites for hydroxylation is 1. The van der Waals surface area contributed by atoms with Gasteiger partial charge in [-0.15, -0.1) is 0 Å². The van der Waals surface area contributed by atoms with Crippen molar-refractivity contribution in [2.24, 2.45) is 0 Å². The molecule has 24 heavy (non-hydrogen) atoms. The molecular weight excluding hydrogens is 344 g/mol. The number of benzene rings is 2. The topological polar surface area (TPSA) is 75.3 Å². The number of sulfonamides is 1. The van der Waals surface area contributed by atoms with E-state index in [1.165, 1.54) is 23.9 Å². The highest BCUT2D eigenvalue weighted by atomic mass is 32.2. The maximum Gasteiger partial charge on any atom is 0.261 e. The lowest BCUT2D eigenvalue weighted by atomic mass is 10.2. The molecule has 7 heteroatoms. The van der Waals surface area contributed by atoms with Gasteiger partial charge in [-0.25, -0.2) is 8.42 Å². The standard InChI is InChI=1S/C17H20N2O3S2/c1-12-9-10-14(18-17(20)13(2)23-3)11-16(12)19-24(21,22)15-7-5-4-6-8-15/h4-11,13,19H,1-3H3,(H,18,20). The molecule has 5 nitrogen and oxygen atoms in total. The molecule has 2 aromatic rings. The number of carbonyl (C=O) groups is 1. The SMILES string of the molecule is CSC(C)C(=O)Nc1ccc(C)c(NS(=O)(=O)c2ccccc2)c1. The van der Waals surface area contributed by atoms with E-state index >= 15 is 0 Å². The van der Waals surface area contributed by atoms with Crippen LogP contribution >= 0.6 is 11.8 Å². The Kier molecular flexibility index (Phi) is 5.90. The number of nitrogens with one attached hydrogen (secondary N) is 2. The quantitative estimate of drug-likeness (QED) is 0.823. The maximum absolute atomic E-state index is 12.4. The van der Waals surface area contributed by atoms with Crippen molar-refractivity contribution in [3.8, 4) is 0 Å². The lowest BCUT2D eigenvalue weighted by Crippen LogP contribution is -2.22. The average Bonchev–Trinajstić information content (AvgIpc) is 2.57. The Labute approximate surface area is 146 Å². The molecule has 0 aliphatic rings. The zero-order valence-corrected chi connectivity index (χ0v) is 15.4. The number of anilines is 2. The summed E-state index contributed by atoms with van der Waals surface area (Å²) in [6, 6.07) is 13.3. The van der Waals surface area contributed by atoms with Crippen LogP contribution in [-0.2, 0) is 14.8 Å². The number of hydrogen-bond acceptors (Lipinski definition) is 4. The second-order valence-electron chi connectivity index (χ2n) is 5.32. The lowest BCUT2D eigenvalue weighted by Gasteiger charge is -2.14. The van der Waals surface area contributed by atoms with Gasteiger partial charge in [-0.2, -0.15) is 11.8 Å². The van der Waals surface area contributed by atoms with Gasteiger partial charge in [0.1, 0.15) is 0 Å². The Morgan fingerprint density at radius 1 is 1.12 bits per heavy atom. The first-order chi connectivity index (χ1) is 11.3. The number of hydrogen-bond donors (Lipinski definition) is 2. The van der Waals surface area contributed by atoms with Gasteiger partial charge in [0.15, 0.2) is 0 Å². The molecule has 2 aromatic carbocycles. The van der Waals surface area contributed by atoms with Gasteiger partial charge in [-0.3, -0.25) is 9.52 Å². The molecule has 128 valence electrons. The van der Waals surface area contributed by atoms with Crippen LogP contribution in [-0.4, -0.2) is 25.8 Å². The molecule has 0 bridgehead atoms. The largest absolute Gasteiger partial charge is 0.325 e. The molecular formula is C17H20N2O3S2. The van der Waals surface area contributed by atoms with E-state index in [-0.39, 0.29) is 16.1 Å². The minimum atomic E-state index is -3.67. The van der Waals surface area contributed by atoms with Gasteiger partial charge in [0, 0.05) is 5.69 Å². The van der Waals surface area contributed by atoms with Crippen LogP contribution in [0.15, 0.2) is 53.4 Å². The van der Waals surface area contributed by atoms with Crippen molar-refractivity contribution in [1.29, 1.82) is 0 Å². The minimum Gasteiger partial charge on any atom is -0.325 e. The molecule has 0 aliphatic heterocycles. The molecule has 0 saturated carbocycles. The summed E-state index contributed by atoms with van der Waals surface area (Å²) in [6.07, 6.45) is 1.86. The summed E-state index contributed by atoms with van der Waals surface area (Å²) in [6.45, 7) is 3.62. The second kappa shape index (κ2) is 7.72. The first kappa shape index (κ1) is 18.4. The fourth-order valence-electron chi connectivity index (χ4n) is 1.96.